The lowest BCUT2D eigenvalue weighted by Gasteiger charge is -2.16. The number of hydrogen-bond donors (Lipinski definition) is 2. The molecule has 3 heteroatoms. The summed E-state index contributed by atoms with van der Waals surface area (Å²) in [6.07, 6.45) is 10.8. The summed E-state index contributed by atoms with van der Waals surface area (Å²) in [7, 11) is 0. The first-order chi connectivity index (χ1) is 11.4. The Morgan fingerprint density at radius 2 is 2.12 bits per heavy atom. The molecule has 2 nitrogen and oxygen atoms in total. The van der Waals surface area contributed by atoms with Gasteiger partial charge in [-0.15, -0.1) is 0 Å². The number of halogens is 1. The van der Waals surface area contributed by atoms with Crippen molar-refractivity contribution in [3.05, 3.63) is 77.0 Å². The predicted molar refractivity (Wildman–Crippen MR) is 104 cm³/mol. The van der Waals surface area contributed by atoms with Gasteiger partial charge in [0.15, 0.2) is 0 Å². The van der Waals surface area contributed by atoms with Crippen LogP contribution in [0.25, 0.3) is 18.4 Å². The minimum Gasteiger partial charge on any atom is -0.370 e. The van der Waals surface area contributed by atoms with E-state index in [1.54, 1.807) is 12.1 Å². The molecule has 0 spiro atoms. The fraction of sp³-hybridized carbons (Fsp3) is 0.238. The first-order valence-corrected chi connectivity index (χ1v) is 8.07. The number of nitrogens with two attached hydrogens (primary N) is 1. The summed E-state index contributed by atoms with van der Waals surface area (Å²) in [4.78, 5) is 0. The van der Waals surface area contributed by atoms with Crippen LogP contribution in [0.2, 0.25) is 0 Å². The minimum atomic E-state index is -0.332. The van der Waals surface area contributed by atoms with Crippen molar-refractivity contribution in [2.75, 3.05) is 0 Å². The monoisotopic (exact) mass is 326 g/mol. The Hall–Kier alpha value is -2.39. The number of benzene rings is 1. The van der Waals surface area contributed by atoms with Gasteiger partial charge in [-0.1, -0.05) is 57.0 Å². The molecular formula is C21H27FN2. The molecule has 1 rings (SSSR count). The first kappa shape index (κ1) is 19.7. The van der Waals surface area contributed by atoms with Crippen molar-refractivity contribution in [2.45, 2.75) is 32.9 Å². The molecular weight excluding hydrogens is 299 g/mol. The molecule has 0 saturated heterocycles. The zero-order valence-corrected chi connectivity index (χ0v) is 14.6. The van der Waals surface area contributed by atoms with Crippen LogP contribution in [0.1, 0.15) is 32.3 Å². The Labute approximate surface area is 144 Å². The number of nitrogens with one attached hydrogen (secondary N) is 1. The summed E-state index contributed by atoms with van der Waals surface area (Å²) in [6.45, 7) is 15.5. The molecule has 0 bridgehead atoms. The zero-order valence-electron chi connectivity index (χ0n) is 14.6. The van der Waals surface area contributed by atoms with Crippen LogP contribution in [0.15, 0.2) is 55.2 Å². The summed E-state index contributed by atoms with van der Waals surface area (Å²) in [5.41, 5.74) is 8.52. The van der Waals surface area contributed by atoms with Crippen molar-refractivity contribution in [2.24, 2.45) is 5.73 Å². The standard InChI is InChI=1S/C21H27FN2/c1-6-9-10-17(7-2)11-12-18-15(4)20(22)14-13-19(18)16(5)24-21(23)8-3/h6-7,9-10,12-14,21,24H,1,4-5,8,11,23H2,2-3H3/b10-9-,17-7+,18-12+. The second-order valence-corrected chi connectivity index (χ2v) is 5.49. The Kier molecular flexibility index (Phi) is 7.93. The maximum Gasteiger partial charge on any atom is 0.130 e. The highest BCUT2D eigenvalue weighted by Crippen LogP contribution is 2.08. The second-order valence-electron chi connectivity index (χ2n) is 5.49. The van der Waals surface area contributed by atoms with Crippen LogP contribution >= 0.6 is 0 Å². The van der Waals surface area contributed by atoms with Gasteiger partial charge >= 0.3 is 0 Å². The molecule has 0 aliphatic heterocycles. The second kappa shape index (κ2) is 9.68. The van der Waals surface area contributed by atoms with Gasteiger partial charge in [-0.05, 0) is 42.7 Å². The van der Waals surface area contributed by atoms with Crippen LogP contribution in [0, 0.1) is 5.82 Å². The molecule has 0 fully saturated rings. The van der Waals surface area contributed by atoms with E-state index in [0.717, 1.165) is 22.8 Å². The van der Waals surface area contributed by atoms with Gasteiger partial charge in [0, 0.05) is 16.5 Å². The van der Waals surface area contributed by atoms with Gasteiger partial charge in [0.2, 0.25) is 0 Å². The molecule has 0 radical (unpaired) electrons. The van der Waals surface area contributed by atoms with Gasteiger partial charge in [0.05, 0.1) is 6.17 Å². The van der Waals surface area contributed by atoms with Crippen molar-refractivity contribution < 1.29 is 4.39 Å². The first-order valence-electron chi connectivity index (χ1n) is 8.07. The SMILES string of the molecule is C=C/C=C\C(=C/C)C/C=c1/c(C(=C)NC(N)CC)ccc(F)c1=C. The molecule has 1 atom stereocenters. The van der Waals surface area contributed by atoms with Crippen LogP contribution in [0.5, 0.6) is 0 Å². The quantitative estimate of drug-likeness (QED) is 0.568. The van der Waals surface area contributed by atoms with E-state index in [9.17, 15) is 4.39 Å². The molecule has 0 heterocycles. The fourth-order valence-corrected chi connectivity index (χ4v) is 2.23. The fourth-order valence-electron chi connectivity index (χ4n) is 2.23. The molecule has 0 aliphatic carbocycles. The van der Waals surface area contributed by atoms with E-state index in [2.05, 4.69) is 25.1 Å². The molecule has 3 N–H and O–H groups in total. The van der Waals surface area contributed by atoms with Crippen LogP contribution in [-0.2, 0) is 0 Å². The Balaban J connectivity index is 3.30. The van der Waals surface area contributed by atoms with Crippen LogP contribution in [0.3, 0.4) is 0 Å². The summed E-state index contributed by atoms with van der Waals surface area (Å²) < 4.78 is 14.0. The van der Waals surface area contributed by atoms with Gasteiger partial charge < -0.3 is 11.1 Å². The number of rotatable bonds is 8. The normalized spacial score (nSPS) is 14.0. The molecule has 0 aliphatic rings. The summed E-state index contributed by atoms with van der Waals surface area (Å²) in [6, 6.07) is 3.12. The van der Waals surface area contributed by atoms with Gasteiger partial charge in [0.1, 0.15) is 5.82 Å². The van der Waals surface area contributed by atoms with Crippen molar-refractivity contribution in [1.29, 1.82) is 0 Å². The highest BCUT2D eigenvalue weighted by atomic mass is 19.1. The molecule has 1 aromatic rings. The largest absolute Gasteiger partial charge is 0.370 e. The lowest BCUT2D eigenvalue weighted by molar-refractivity contribution is 0.601. The molecule has 0 aromatic heterocycles. The lowest BCUT2D eigenvalue weighted by Crippen LogP contribution is -2.38. The smallest absolute Gasteiger partial charge is 0.130 e. The third-order valence-corrected chi connectivity index (χ3v) is 3.78. The van der Waals surface area contributed by atoms with Crippen molar-refractivity contribution >= 4 is 18.4 Å². The van der Waals surface area contributed by atoms with Crippen LogP contribution in [0.4, 0.5) is 4.39 Å². The highest BCUT2D eigenvalue weighted by Gasteiger charge is 2.07. The maximum absolute atomic E-state index is 14.0. The van der Waals surface area contributed by atoms with Crippen molar-refractivity contribution in [1.82, 2.24) is 5.32 Å². The van der Waals surface area contributed by atoms with E-state index >= 15 is 0 Å². The topological polar surface area (TPSA) is 38.0 Å². The van der Waals surface area contributed by atoms with Gasteiger partial charge in [-0.25, -0.2) is 4.39 Å². The van der Waals surface area contributed by atoms with Gasteiger partial charge in [-0.3, -0.25) is 0 Å². The maximum atomic E-state index is 14.0. The molecule has 1 aromatic carbocycles. The minimum absolute atomic E-state index is 0.190. The van der Waals surface area contributed by atoms with E-state index in [1.165, 1.54) is 6.07 Å². The average Bonchev–Trinajstić information content (AvgIpc) is 2.58. The van der Waals surface area contributed by atoms with Gasteiger partial charge in [0.25, 0.3) is 0 Å². The third kappa shape index (κ3) is 5.36. The Morgan fingerprint density at radius 3 is 2.71 bits per heavy atom. The number of allylic oxidation sites excluding steroid dienone is 5. The van der Waals surface area contributed by atoms with E-state index in [4.69, 9.17) is 5.73 Å². The van der Waals surface area contributed by atoms with Gasteiger partial charge in [-0.2, -0.15) is 0 Å². The Bertz CT molecular complexity index is 757. The molecule has 128 valence electrons. The van der Waals surface area contributed by atoms with Crippen LogP contribution in [-0.4, -0.2) is 6.17 Å². The Morgan fingerprint density at radius 1 is 1.42 bits per heavy atom. The highest BCUT2D eigenvalue weighted by molar-refractivity contribution is 5.64. The molecule has 0 amide bonds. The van der Waals surface area contributed by atoms with E-state index < -0.39 is 0 Å². The lowest BCUT2D eigenvalue weighted by atomic mass is 10.0. The van der Waals surface area contributed by atoms with E-state index in [0.29, 0.717) is 17.3 Å². The summed E-state index contributed by atoms with van der Waals surface area (Å²) in [5, 5.41) is 4.24. The summed E-state index contributed by atoms with van der Waals surface area (Å²) in [5.74, 6) is -0.332. The average molecular weight is 326 g/mol. The van der Waals surface area contributed by atoms with Crippen LogP contribution < -0.4 is 21.5 Å². The molecule has 1 unspecified atom stereocenters. The molecule has 24 heavy (non-hydrogen) atoms. The zero-order chi connectivity index (χ0) is 18.1. The molecule has 0 saturated carbocycles. The van der Waals surface area contributed by atoms with Crippen molar-refractivity contribution in [3.63, 3.8) is 0 Å². The van der Waals surface area contributed by atoms with Crippen molar-refractivity contribution in [3.8, 4) is 0 Å². The predicted octanol–water partition coefficient (Wildman–Crippen LogP) is 3.35. The van der Waals surface area contributed by atoms with E-state index in [1.807, 2.05) is 38.2 Å². The summed E-state index contributed by atoms with van der Waals surface area (Å²) >= 11 is 0. The third-order valence-electron chi connectivity index (χ3n) is 3.78. The van der Waals surface area contributed by atoms with E-state index in [-0.39, 0.29) is 12.0 Å². The number of hydrogen-bond acceptors (Lipinski definition) is 2.